The summed E-state index contributed by atoms with van der Waals surface area (Å²) in [5, 5.41) is 0. The van der Waals surface area contributed by atoms with Gasteiger partial charge in [-0.2, -0.15) is 0 Å². The van der Waals surface area contributed by atoms with Crippen molar-refractivity contribution in [1.82, 2.24) is 24.8 Å². The molecular weight excluding hydrogens is 312 g/mol. The second-order valence-corrected chi connectivity index (χ2v) is 7.42. The first-order valence-electron chi connectivity index (χ1n) is 9.30. The number of piperazine rings is 1. The maximum Gasteiger partial charge on any atom is 0.225 e. The van der Waals surface area contributed by atoms with Crippen molar-refractivity contribution in [3.63, 3.8) is 0 Å². The summed E-state index contributed by atoms with van der Waals surface area (Å²) in [4.78, 5) is 23.0. The van der Waals surface area contributed by atoms with E-state index in [0.29, 0.717) is 11.8 Å². The number of anilines is 1. The third kappa shape index (κ3) is 3.95. The summed E-state index contributed by atoms with van der Waals surface area (Å²) in [6, 6.07) is 2.01. The Morgan fingerprint density at radius 3 is 2.40 bits per heavy atom. The SMILES string of the molecule is CC(C)c1ccnc(N2CCN(Cc3cnc(C4CC4)nc3)CC2)n1. The van der Waals surface area contributed by atoms with Gasteiger partial charge in [-0.25, -0.2) is 19.9 Å². The number of rotatable bonds is 5. The topological polar surface area (TPSA) is 58.0 Å². The lowest BCUT2D eigenvalue weighted by Crippen LogP contribution is -2.46. The highest BCUT2D eigenvalue weighted by atomic mass is 15.3. The molecule has 0 spiro atoms. The summed E-state index contributed by atoms with van der Waals surface area (Å²) < 4.78 is 0. The van der Waals surface area contributed by atoms with E-state index < -0.39 is 0 Å². The van der Waals surface area contributed by atoms with E-state index in [1.165, 1.54) is 18.4 Å². The van der Waals surface area contributed by atoms with Crippen molar-refractivity contribution in [2.24, 2.45) is 0 Å². The van der Waals surface area contributed by atoms with Gasteiger partial charge >= 0.3 is 0 Å². The first kappa shape index (κ1) is 16.4. The molecule has 1 aliphatic heterocycles. The van der Waals surface area contributed by atoms with Crippen LogP contribution in [0.15, 0.2) is 24.7 Å². The van der Waals surface area contributed by atoms with Crippen molar-refractivity contribution in [2.45, 2.75) is 45.1 Å². The zero-order valence-corrected chi connectivity index (χ0v) is 15.1. The van der Waals surface area contributed by atoms with E-state index in [2.05, 4.69) is 38.6 Å². The molecule has 2 aromatic rings. The monoisotopic (exact) mass is 338 g/mol. The van der Waals surface area contributed by atoms with Crippen molar-refractivity contribution in [1.29, 1.82) is 0 Å². The molecule has 0 aromatic carbocycles. The third-order valence-corrected chi connectivity index (χ3v) is 4.99. The first-order valence-corrected chi connectivity index (χ1v) is 9.30. The van der Waals surface area contributed by atoms with Crippen LogP contribution < -0.4 is 4.90 Å². The Morgan fingerprint density at radius 2 is 1.76 bits per heavy atom. The second kappa shape index (κ2) is 7.04. The zero-order chi connectivity index (χ0) is 17.2. The summed E-state index contributed by atoms with van der Waals surface area (Å²) in [5.41, 5.74) is 2.32. The number of nitrogens with zero attached hydrogens (tertiary/aromatic N) is 6. The minimum Gasteiger partial charge on any atom is -0.338 e. The van der Waals surface area contributed by atoms with E-state index in [1.807, 2.05) is 24.7 Å². The van der Waals surface area contributed by atoms with Crippen molar-refractivity contribution < 1.29 is 0 Å². The standard InChI is InChI=1S/C19H26N6/c1-14(2)17-5-6-20-19(23-17)25-9-7-24(8-10-25)13-15-11-21-18(22-12-15)16-3-4-16/h5-6,11-12,14,16H,3-4,7-10,13H2,1-2H3. The summed E-state index contributed by atoms with van der Waals surface area (Å²) >= 11 is 0. The van der Waals surface area contributed by atoms with Gasteiger partial charge in [0.1, 0.15) is 5.82 Å². The molecule has 1 saturated carbocycles. The van der Waals surface area contributed by atoms with Crippen LogP contribution in [0.2, 0.25) is 0 Å². The molecule has 0 unspecified atom stereocenters. The Balaban J connectivity index is 1.32. The van der Waals surface area contributed by atoms with Crippen LogP contribution in [-0.4, -0.2) is 51.0 Å². The molecule has 2 fully saturated rings. The molecule has 4 rings (SSSR count). The van der Waals surface area contributed by atoms with Gasteiger partial charge in [0.15, 0.2) is 0 Å². The number of hydrogen-bond acceptors (Lipinski definition) is 6. The minimum absolute atomic E-state index is 0.432. The van der Waals surface area contributed by atoms with Crippen LogP contribution in [-0.2, 0) is 6.54 Å². The summed E-state index contributed by atoms with van der Waals surface area (Å²) in [7, 11) is 0. The molecule has 6 nitrogen and oxygen atoms in total. The average Bonchev–Trinajstić information content (AvgIpc) is 3.48. The van der Waals surface area contributed by atoms with Crippen molar-refractivity contribution in [3.8, 4) is 0 Å². The molecule has 0 N–H and O–H groups in total. The van der Waals surface area contributed by atoms with Crippen LogP contribution in [0.4, 0.5) is 5.95 Å². The van der Waals surface area contributed by atoms with Crippen LogP contribution in [0.5, 0.6) is 0 Å². The normalized spacial score (nSPS) is 18.8. The molecule has 3 heterocycles. The predicted octanol–water partition coefficient (Wildman–Crippen LogP) is 2.59. The Hall–Kier alpha value is -2.08. The molecule has 132 valence electrons. The number of hydrogen-bond donors (Lipinski definition) is 0. The molecular formula is C19H26N6. The van der Waals surface area contributed by atoms with Gasteiger partial charge in [-0.1, -0.05) is 13.8 Å². The number of aromatic nitrogens is 4. The lowest BCUT2D eigenvalue weighted by Gasteiger charge is -2.34. The summed E-state index contributed by atoms with van der Waals surface area (Å²) in [6.07, 6.45) is 8.38. The predicted molar refractivity (Wildman–Crippen MR) is 97.6 cm³/mol. The molecule has 0 atom stereocenters. The molecule has 0 radical (unpaired) electrons. The highest BCUT2D eigenvalue weighted by molar-refractivity contribution is 5.31. The minimum atomic E-state index is 0.432. The molecule has 6 heteroatoms. The zero-order valence-electron chi connectivity index (χ0n) is 15.1. The van der Waals surface area contributed by atoms with Crippen molar-refractivity contribution in [3.05, 3.63) is 41.7 Å². The van der Waals surface area contributed by atoms with E-state index in [9.17, 15) is 0 Å². The van der Waals surface area contributed by atoms with E-state index in [4.69, 9.17) is 4.98 Å². The van der Waals surface area contributed by atoms with Crippen LogP contribution in [0, 0.1) is 0 Å². The fourth-order valence-corrected chi connectivity index (χ4v) is 3.20. The lowest BCUT2D eigenvalue weighted by molar-refractivity contribution is 0.248. The maximum atomic E-state index is 4.71. The summed E-state index contributed by atoms with van der Waals surface area (Å²) in [6.45, 7) is 9.21. The van der Waals surface area contributed by atoms with Gasteiger partial charge in [-0.15, -0.1) is 0 Å². The van der Waals surface area contributed by atoms with Gasteiger partial charge in [0, 0.05) is 68.5 Å². The second-order valence-electron chi connectivity index (χ2n) is 7.42. The third-order valence-electron chi connectivity index (χ3n) is 4.99. The molecule has 2 aliphatic rings. The molecule has 1 aliphatic carbocycles. The van der Waals surface area contributed by atoms with E-state index in [1.54, 1.807) is 0 Å². The Bertz CT molecular complexity index is 702. The fourth-order valence-electron chi connectivity index (χ4n) is 3.20. The largest absolute Gasteiger partial charge is 0.338 e. The molecule has 0 bridgehead atoms. The Morgan fingerprint density at radius 1 is 1.04 bits per heavy atom. The van der Waals surface area contributed by atoms with Crippen LogP contribution in [0.3, 0.4) is 0 Å². The van der Waals surface area contributed by atoms with Crippen molar-refractivity contribution >= 4 is 5.95 Å². The molecule has 2 aromatic heterocycles. The van der Waals surface area contributed by atoms with Gasteiger partial charge in [0.25, 0.3) is 0 Å². The Kier molecular flexibility index (Phi) is 4.61. The quantitative estimate of drug-likeness (QED) is 0.835. The maximum absolute atomic E-state index is 4.71. The van der Waals surface area contributed by atoms with E-state index >= 15 is 0 Å². The summed E-state index contributed by atoms with van der Waals surface area (Å²) in [5.74, 6) is 2.94. The van der Waals surface area contributed by atoms with Gasteiger partial charge in [-0.3, -0.25) is 4.90 Å². The van der Waals surface area contributed by atoms with Crippen LogP contribution >= 0.6 is 0 Å². The lowest BCUT2D eigenvalue weighted by atomic mass is 10.1. The molecule has 25 heavy (non-hydrogen) atoms. The van der Waals surface area contributed by atoms with Crippen molar-refractivity contribution in [2.75, 3.05) is 31.1 Å². The van der Waals surface area contributed by atoms with Crippen LogP contribution in [0.25, 0.3) is 0 Å². The van der Waals surface area contributed by atoms with Gasteiger partial charge < -0.3 is 4.90 Å². The fraction of sp³-hybridized carbons (Fsp3) is 0.579. The van der Waals surface area contributed by atoms with E-state index in [0.717, 1.165) is 50.2 Å². The van der Waals surface area contributed by atoms with Crippen LogP contribution in [0.1, 0.15) is 55.6 Å². The van der Waals surface area contributed by atoms with Gasteiger partial charge in [-0.05, 0) is 24.8 Å². The first-order chi connectivity index (χ1) is 12.2. The smallest absolute Gasteiger partial charge is 0.225 e. The molecule has 0 amide bonds. The van der Waals surface area contributed by atoms with Gasteiger partial charge in [0.05, 0.1) is 0 Å². The average molecular weight is 338 g/mol. The van der Waals surface area contributed by atoms with E-state index in [-0.39, 0.29) is 0 Å². The Labute approximate surface area is 149 Å². The molecule has 1 saturated heterocycles. The highest BCUT2D eigenvalue weighted by Gasteiger charge is 2.26. The highest BCUT2D eigenvalue weighted by Crippen LogP contribution is 2.37. The van der Waals surface area contributed by atoms with Gasteiger partial charge in [0.2, 0.25) is 5.95 Å².